The van der Waals surface area contributed by atoms with Crippen LogP contribution in [0.3, 0.4) is 0 Å². The Balaban J connectivity index is 2.33. The molecule has 0 saturated carbocycles. The van der Waals surface area contributed by atoms with Crippen LogP contribution >= 0.6 is 0 Å². The number of ether oxygens (including phenoxy) is 1. The first-order valence-electron chi connectivity index (χ1n) is 6.16. The highest BCUT2D eigenvalue weighted by Crippen LogP contribution is 2.23. The zero-order chi connectivity index (χ0) is 14.1. The van der Waals surface area contributed by atoms with Crippen molar-refractivity contribution >= 4 is 28.3 Å². The van der Waals surface area contributed by atoms with Crippen LogP contribution in [-0.2, 0) is 4.74 Å². The minimum atomic E-state index is -0.451. The molecule has 0 spiro atoms. The summed E-state index contributed by atoms with van der Waals surface area (Å²) in [6, 6.07) is 7.52. The number of hydrogen-bond acceptors (Lipinski definition) is 6. The van der Waals surface area contributed by atoms with Gasteiger partial charge in [0.05, 0.1) is 18.3 Å². The number of fused-ring (bicyclic) bond motifs is 3. The molecule has 0 amide bonds. The molecule has 0 unspecified atom stereocenters. The van der Waals surface area contributed by atoms with Crippen molar-refractivity contribution in [2.24, 2.45) is 5.84 Å². The first kappa shape index (κ1) is 12.4. The molecule has 2 aromatic heterocycles. The summed E-state index contributed by atoms with van der Waals surface area (Å²) in [4.78, 5) is 16.2. The summed E-state index contributed by atoms with van der Waals surface area (Å²) in [6.45, 7) is 2.05. The lowest BCUT2D eigenvalue weighted by molar-refractivity contribution is 0.0528. The molecule has 0 radical (unpaired) electrons. The molecule has 102 valence electrons. The number of hydrogen-bond donors (Lipinski definition) is 2. The molecule has 3 aromatic rings. The number of esters is 1. The Labute approximate surface area is 114 Å². The van der Waals surface area contributed by atoms with Gasteiger partial charge in [-0.3, -0.25) is 0 Å². The van der Waals surface area contributed by atoms with E-state index in [1.54, 1.807) is 11.4 Å². The van der Waals surface area contributed by atoms with E-state index in [-0.39, 0.29) is 0 Å². The van der Waals surface area contributed by atoms with Gasteiger partial charge in [0.2, 0.25) is 0 Å². The second-order valence-corrected chi connectivity index (χ2v) is 4.14. The molecular weight excluding hydrogens is 258 g/mol. The molecule has 20 heavy (non-hydrogen) atoms. The molecule has 0 aliphatic carbocycles. The summed E-state index contributed by atoms with van der Waals surface area (Å²) >= 11 is 0. The van der Waals surface area contributed by atoms with E-state index in [1.165, 1.54) is 6.20 Å². The Morgan fingerprint density at radius 2 is 2.25 bits per heavy atom. The summed E-state index contributed by atoms with van der Waals surface area (Å²) < 4.78 is 6.60. The molecule has 1 aromatic carbocycles. The highest BCUT2D eigenvalue weighted by atomic mass is 16.5. The van der Waals surface area contributed by atoms with Crippen LogP contribution in [0, 0.1) is 0 Å². The van der Waals surface area contributed by atoms with Crippen LogP contribution < -0.4 is 11.3 Å². The number of carbonyl (C=O) groups excluding carboxylic acids is 1. The van der Waals surface area contributed by atoms with Crippen LogP contribution in [0.1, 0.15) is 17.3 Å². The zero-order valence-corrected chi connectivity index (χ0v) is 10.8. The number of para-hydroxylation sites is 1. The van der Waals surface area contributed by atoms with Gasteiger partial charge in [-0.15, -0.1) is 0 Å². The van der Waals surface area contributed by atoms with Crippen molar-refractivity contribution in [1.82, 2.24) is 14.6 Å². The number of carbonyl (C=O) groups is 1. The number of anilines is 1. The highest BCUT2D eigenvalue weighted by molar-refractivity contribution is 5.99. The number of hydrazine groups is 1. The summed E-state index contributed by atoms with van der Waals surface area (Å²) in [6.07, 6.45) is 1.45. The molecule has 0 saturated heterocycles. The minimum Gasteiger partial charge on any atom is -0.462 e. The van der Waals surface area contributed by atoms with Crippen molar-refractivity contribution in [1.29, 1.82) is 0 Å². The standard InChI is InChI=1S/C13H13N5O2/c1-2-20-13(19)9-7-15-18-10-6-4-3-5-8(10)11(17-14)16-12(9)18/h3-7H,2,14H2,1H3,(H,16,17). The first-order valence-corrected chi connectivity index (χ1v) is 6.16. The van der Waals surface area contributed by atoms with E-state index in [0.717, 1.165) is 10.9 Å². The summed E-state index contributed by atoms with van der Waals surface area (Å²) in [5.41, 5.74) is 4.08. The van der Waals surface area contributed by atoms with Gasteiger partial charge in [0.25, 0.3) is 0 Å². The Hall–Kier alpha value is -2.67. The van der Waals surface area contributed by atoms with Crippen molar-refractivity contribution < 1.29 is 9.53 Å². The van der Waals surface area contributed by atoms with Crippen molar-refractivity contribution in [2.75, 3.05) is 12.0 Å². The smallest absolute Gasteiger partial charge is 0.343 e. The fourth-order valence-electron chi connectivity index (χ4n) is 2.11. The Morgan fingerprint density at radius 3 is 3.00 bits per heavy atom. The van der Waals surface area contributed by atoms with Gasteiger partial charge in [-0.1, -0.05) is 12.1 Å². The van der Waals surface area contributed by atoms with Gasteiger partial charge in [-0.2, -0.15) is 5.10 Å². The Kier molecular flexibility index (Phi) is 2.96. The van der Waals surface area contributed by atoms with Crippen LogP contribution in [0.4, 0.5) is 5.82 Å². The fourth-order valence-corrected chi connectivity index (χ4v) is 2.11. The molecule has 2 heterocycles. The lowest BCUT2D eigenvalue weighted by atomic mass is 10.2. The van der Waals surface area contributed by atoms with Crippen LogP contribution in [0.5, 0.6) is 0 Å². The van der Waals surface area contributed by atoms with Crippen molar-refractivity contribution in [2.45, 2.75) is 6.92 Å². The lowest BCUT2D eigenvalue weighted by Crippen LogP contribution is -2.11. The fraction of sp³-hybridized carbons (Fsp3) is 0.154. The largest absolute Gasteiger partial charge is 0.462 e. The summed E-state index contributed by atoms with van der Waals surface area (Å²) in [7, 11) is 0. The summed E-state index contributed by atoms with van der Waals surface area (Å²) in [5, 5.41) is 5.03. The maximum absolute atomic E-state index is 11.9. The highest BCUT2D eigenvalue weighted by Gasteiger charge is 2.18. The van der Waals surface area contributed by atoms with Crippen molar-refractivity contribution in [3.63, 3.8) is 0 Å². The third-order valence-electron chi connectivity index (χ3n) is 2.98. The topological polar surface area (TPSA) is 94.5 Å². The van der Waals surface area contributed by atoms with E-state index >= 15 is 0 Å². The van der Waals surface area contributed by atoms with Gasteiger partial charge in [-0.25, -0.2) is 20.1 Å². The SMILES string of the molecule is CCOC(=O)c1cnn2c1nc(NN)c1ccccc12. The third kappa shape index (κ3) is 1.76. The number of nitrogens with one attached hydrogen (secondary N) is 1. The average molecular weight is 271 g/mol. The van der Waals surface area contributed by atoms with E-state index in [9.17, 15) is 4.79 Å². The minimum absolute atomic E-state index is 0.297. The average Bonchev–Trinajstić information content (AvgIpc) is 2.90. The molecular formula is C13H13N5O2. The number of rotatable bonds is 3. The van der Waals surface area contributed by atoms with Crippen LogP contribution in [0.2, 0.25) is 0 Å². The van der Waals surface area contributed by atoms with E-state index in [4.69, 9.17) is 10.6 Å². The van der Waals surface area contributed by atoms with E-state index in [0.29, 0.717) is 23.6 Å². The van der Waals surface area contributed by atoms with E-state index in [1.807, 2.05) is 24.3 Å². The predicted molar refractivity (Wildman–Crippen MR) is 74.3 cm³/mol. The van der Waals surface area contributed by atoms with Gasteiger partial charge in [0.1, 0.15) is 5.56 Å². The maximum Gasteiger partial charge on any atom is 0.343 e. The lowest BCUT2D eigenvalue weighted by Gasteiger charge is -2.07. The first-order chi connectivity index (χ1) is 9.76. The normalized spacial score (nSPS) is 10.9. The molecule has 3 N–H and O–H groups in total. The Bertz CT molecular complexity index is 796. The van der Waals surface area contributed by atoms with Crippen LogP contribution in [0.15, 0.2) is 30.5 Å². The van der Waals surface area contributed by atoms with Gasteiger partial charge in [-0.05, 0) is 19.1 Å². The van der Waals surface area contributed by atoms with E-state index < -0.39 is 5.97 Å². The molecule has 3 rings (SSSR count). The number of nitrogen functional groups attached to an aromatic ring is 1. The van der Waals surface area contributed by atoms with Crippen LogP contribution in [-0.4, -0.2) is 27.2 Å². The molecule has 0 fully saturated rings. The van der Waals surface area contributed by atoms with Crippen molar-refractivity contribution in [3.8, 4) is 0 Å². The number of nitrogens with zero attached hydrogens (tertiary/aromatic N) is 3. The zero-order valence-electron chi connectivity index (χ0n) is 10.8. The summed E-state index contributed by atoms with van der Waals surface area (Å²) in [5.74, 6) is 5.54. The quantitative estimate of drug-likeness (QED) is 0.424. The van der Waals surface area contributed by atoms with Crippen LogP contribution in [0.25, 0.3) is 16.6 Å². The molecule has 7 nitrogen and oxygen atoms in total. The third-order valence-corrected chi connectivity index (χ3v) is 2.98. The number of benzene rings is 1. The van der Waals surface area contributed by atoms with Crippen molar-refractivity contribution in [3.05, 3.63) is 36.0 Å². The maximum atomic E-state index is 11.9. The predicted octanol–water partition coefficient (Wildman–Crippen LogP) is 1.34. The molecule has 0 atom stereocenters. The molecule has 0 aliphatic rings. The van der Waals surface area contributed by atoms with Gasteiger partial charge in [0.15, 0.2) is 11.5 Å². The molecule has 0 bridgehead atoms. The van der Waals surface area contributed by atoms with Gasteiger partial charge in [0, 0.05) is 5.39 Å². The number of nitrogens with two attached hydrogens (primary N) is 1. The van der Waals surface area contributed by atoms with Gasteiger partial charge < -0.3 is 10.2 Å². The van der Waals surface area contributed by atoms with Gasteiger partial charge >= 0.3 is 5.97 Å². The monoisotopic (exact) mass is 271 g/mol. The second kappa shape index (κ2) is 4.78. The Morgan fingerprint density at radius 1 is 1.45 bits per heavy atom. The van der Waals surface area contributed by atoms with E-state index in [2.05, 4.69) is 15.5 Å². The second-order valence-electron chi connectivity index (χ2n) is 4.14. The number of aromatic nitrogens is 3. The molecule has 7 heteroatoms. The molecule has 0 aliphatic heterocycles.